The molecule has 0 heterocycles. The van der Waals surface area contributed by atoms with Crippen LogP contribution in [0, 0.1) is 6.92 Å². The van der Waals surface area contributed by atoms with Crippen molar-refractivity contribution in [3.8, 4) is 5.75 Å². The molecule has 0 saturated heterocycles. The van der Waals surface area contributed by atoms with Crippen LogP contribution in [0.25, 0.3) is 5.76 Å². The zero-order chi connectivity index (χ0) is 17.8. The average Bonchev–Trinajstić information content (AvgIpc) is 2.61. The highest BCUT2D eigenvalue weighted by atomic mass is 16.5. The number of aryl methyl sites for hydroxylation is 1. The Balaban J connectivity index is 1.80. The molecule has 2 aromatic carbocycles. The number of rotatable bonds is 4. The summed E-state index contributed by atoms with van der Waals surface area (Å²) in [6, 6.07) is 14.9. The van der Waals surface area contributed by atoms with Gasteiger partial charge < -0.3 is 9.84 Å². The van der Waals surface area contributed by atoms with Gasteiger partial charge in [0.05, 0.1) is 0 Å². The van der Waals surface area contributed by atoms with Gasteiger partial charge in [0.15, 0.2) is 11.6 Å². The van der Waals surface area contributed by atoms with Crippen LogP contribution < -0.4 is 4.74 Å². The van der Waals surface area contributed by atoms with Crippen molar-refractivity contribution in [2.24, 2.45) is 0 Å². The van der Waals surface area contributed by atoms with E-state index in [1.807, 2.05) is 31.2 Å². The molecule has 4 heteroatoms. The summed E-state index contributed by atoms with van der Waals surface area (Å²) in [5, 5.41) is 10.4. The molecule has 0 aliphatic heterocycles. The summed E-state index contributed by atoms with van der Waals surface area (Å²) in [6.45, 7) is 2.43. The molecule has 0 aromatic heterocycles. The quantitative estimate of drug-likeness (QED) is 0.517. The number of carbonyl (C=O) groups excluding carboxylic acids is 2. The highest BCUT2D eigenvalue weighted by molar-refractivity contribution is 6.25. The van der Waals surface area contributed by atoms with Crippen LogP contribution in [0.15, 0.2) is 54.1 Å². The van der Waals surface area contributed by atoms with E-state index < -0.39 is 0 Å². The van der Waals surface area contributed by atoms with E-state index in [1.165, 1.54) is 5.56 Å². The average molecular weight is 336 g/mol. The maximum atomic E-state index is 12.0. The van der Waals surface area contributed by atoms with Crippen molar-refractivity contribution in [2.45, 2.75) is 32.8 Å². The van der Waals surface area contributed by atoms with E-state index in [2.05, 4.69) is 0 Å². The number of Topliss-reactive ketones (excluding diaryl/α,β-unsaturated/α-hetero) is 2. The first kappa shape index (κ1) is 17.0. The predicted molar refractivity (Wildman–Crippen MR) is 95.4 cm³/mol. The fourth-order valence-electron chi connectivity index (χ4n) is 2.81. The molecule has 1 aliphatic rings. The van der Waals surface area contributed by atoms with Gasteiger partial charge >= 0.3 is 0 Å². The van der Waals surface area contributed by atoms with E-state index in [0.29, 0.717) is 37.2 Å². The molecular formula is C21H20O4. The molecule has 1 aliphatic carbocycles. The third-order valence-corrected chi connectivity index (χ3v) is 4.24. The van der Waals surface area contributed by atoms with Gasteiger partial charge in [-0.05, 0) is 31.0 Å². The van der Waals surface area contributed by atoms with E-state index in [1.54, 1.807) is 24.3 Å². The van der Waals surface area contributed by atoms with Crippen LogP contribution in [0.5, 0.6) is 5.75 Å². The Bertz CT molecular complexity index is 813. The maximum Gasteiger partial charge on any atom is 0.170 e. The van der Waals surface area contributed by atoms with Gasteiger partial charge in [-0.3, -0.25) is 9.59 Å². The van der Waals surface area contributed by atoms with Crippen molar-refractivity contribution in [3.05, 3.63) is 70.8 Å². The lowest BCUT2D eigenvalue weighted by Gasteiger charge is -2.14. The van der Waals surface area contributed by atoms with Gasteiger partial charge in [0.25, 0.3) is 0 Å². The molecule has 0 amide bonds. The highest BCUT2D eigenvalue weighted by Crippen LogP contribution is 2.26. The molecule has 25 heavy (non-hydrogen) atoms. The Labute approximate surface area is 146 Å². The monoisotopic (exact) mass is 336 g/mol. The fourth-order valence-corrected chi connectivity index (χ4v) is 2.81. The van der Waals surface area contributed by atoms with Crippen molar-refractivity contribution in [3.63, 3.8) is 0 Å². The van der Waals surface area contributed by atoms with Gasteiger partial charge in [0.2, 0.25) is 0 Å². The molecule has 2 aromatic rings. The summed E-state index contributed by atoms with van der Waals surface area (Å²) in [4.78, 5) is 23.9. The van der Waals surface area contributed by atoms with Crippen molar-refractivity contribution < 1.29 is 19.4 Å². The van der Waals surface area contributed by atoms with E-state index in [9.17, 15) is 14.7 Å². The van der Waals surface area contributed by atoms with Crippen molar-refractivity contribution in [2.75, 3.05) is 0 Å². The smallest absolute Gasteiger partial charge is 0.170 e. The summed E-state index contributed by atoms with van der Waals surface area (Å²) in [6.07, 6.45) is 1.15. The van der Waals surface area contributed by atoms with E-state index in [-0.39, 0.29) is 22.9 Å². The predicted octanol–water partition coefficient (Wildman–Crippen LogP) is 4.17. The number of aliphatic hydroxyl groups excluding tert-OH is 1. The maximum absolute atomic E-state index is 12.0. The second-order valence-electron chi connectivity index (χ2n) is 6.23. The number of ketones is 2. The fraction of sp³-hybridized carbons (Fsp3) is 0.238. The number of hydrogen-bond donors (Lipinski definition) is 1. The van der Waals surface area contributed by atoms with E-state index in [0.717, 1.165) is 5.56 Å². The Morgan fingerprint density at radius 3 is 2.40 bits per heavy atom. The molecule has 1 fully saturated rings. The number of aliphatic hydroxyl groups is 1. The lowest BCUT2D eigenvalue weighted by atomic mass is 9.90. The first-order valence-corrected chi connectivity index (χ1v) is 8.33. The van der Waals surface area contributed by atoms with Crippen LogP contribution in [-0.2, 0) is 16.2 Å². The van der Waals surface area contributed by atoms with Crippen LogP contribution in [-0.4, -0.2) is 16.7 Å². The van der Waals surface area contributed by atoms with Crippen LogP contribution in [0.2, 0.25) is 0 Å². The highest BCUT2D eigenvalue weighted by Gasteiger charge is 2.27. The van der Waals surface area contributed by atoms with Gasteiger partial charge in [0.1, 0.15) is 23.7 Å². The molecular weight excluding hydrogens is 316 g/mol. The van der Waals surface area contributed by atoms with E-state index in [4.69, 9.17) is 4.74 Å². The molecule has 0 unspecified atom stereocenters. The lowest BCUT2D eigenvalue weighted by Crippen LogP contribution is -2.20. The molecule has 1 saturated carbocycles. The normalized spacial score (nSPS) is 14.5. The van der Waals surface area contributed by atoms with Gasteiger partial charge in [-0.1, -0.05) is 42.0 Å². The molecule has 3 rings (SSSR count). The molecule has 0 spiro atoms. The van der Waals surface area contributed by atoms with Gasteiger partial charge in [-0.25, -0.2) is 0 Å². The van der Waals surface area contributed by atoms with Crippen molar-refractivity contribution in [1.29, 1.82) is 0 Å². The van der Waals surface area contributed by atoms with Crippen molar-refractivity contribution >= 4 is 17.3 Å². The first-order chi connectivity index (χ1) is 12.0. The van der Waals surface area contributed by atoms with E-state index >= 15 is 0 Å². The topological polar surface area (TPSA) is 63.6 Å². The Kier molecular flexibility index (Phi) is 4.98. The minimum atomic E-state index is -0.292. The second-order valence-corrected chi connectivity index (χ2v) is 6.23. The first-order valence-electron chi connectivity index (χ1n) is 8.33. The van der Waals surface area contributed by atoms with Gasteiger partial charge in [0, 0.05) is 18.4 Å². The van der Waals surface area contributed by atoms with Crippen LogP contribution >= 0.6 is 0 Å². The van der Waals surface area contributed by atoms with Gasteiger partial charge in [-0.15, -0.1) is 0 Å². The zero-order valence-corrected chi connectivity index (χ0v) is 14.1. The van der Waals surface area contributed by atoms with Crippen LogP contribution in [0.4, 0.5) is 0 Å². The third kappa shape index (κ3) is 3.97. The lowest BCUT2D eigenvalue weighted by molar-refractivity contribution is -0.123. The zero-order valence-electron chi connectivity index (χ0n) is 14.1. The third-order valence-electron chi connectivity index (χ3n) is 4.24. The largest absolute Gasteiger partial charge is 0.506 e. The number of allylic oxidation sites excluding steroid dienone is 1. The Hall–Kier alpha value is -2.88. The SMILES string of the molecule is Cc1ccc(COc2cccc(C(O)=C3C(=O)CCCC3=O)c2)cc1. The molecule has 0 bridgehead atoms. The second kappa shape index (κ2) is 7.34. The minimum absolute atomic E-state index is 0.0815. The Morgan fingerprint density at radius 1 is 1.04 bits per heavy atom. The molecule has 1 N–H and O–H groups in total. The number of ether oxygens (including phenoxy) is 1. The number of hydrogen-bond acceptors (Lipinski definition) is 4. The summed E-state index contributed by atoms with van der Waals surface area (Å²) < 4.78 is 5.76. The van der Waals surface area contributed by atoms with Crippen molar-refractivity contribution in [1.82, 2.24) is 0 Å². The summed E-state index contributed by atoms with van der Waals surface area (Å²) in [5.41, 5.74) is 2.56. The molecule has 4 nitrogen and oxygen atoms in total. The summed E-state index contributed by atoms with van der Waals surface area (Å²) in [5.74, 6) is -0.268. The summed E-state index contributed by atoms with van der Waals surface area (Å²) >= 11 is 0. The standard InChI is InChI=1S/C21H20O4/c1-14-8-10-15(11-9-14)13-25-17-5-2-4-16(12-17)21(24)20-18(22)6-3-7-19(20)23/h2,4-5,8-12,24H,3,6-7,13H2,1H3. The molecule has 128 valence electrons. The molecule has 0 atom stereocenters. The number of carbonyl (C=O) groups is 2. The molecule has 0 radical (unpaired) electrons. The minimum Gasteiger partial charge on any atom is -0.506 e. The summed E-state index contributed by atoms with van der Waals surface area (Å²) in [7, 11) is 0. The Morgan fingerprint density at radius 2 is 1.72 bits per heavy atom. The van der Waals surface area contributed by atoms with Crippen LogP contribution in [0.3, 0.4) is 0 Å². The van der Waals surface area contributed by atoms with Gasteiger partial charge in [-0.2, -0.15) is 0 Å². The number of benzene rings is 2. The van der Waals surface area contributed by atoms with Crippen LogP contribution in [0.1, 0.15) is 36.0 Å².